The molecule has 1 N–H and O–H groups in total. The molecule has 0 bridgehead atoms. The number of rotatable bonds is 2. The van der Waals surface area contributed by atoms with Gasteiger partial charge in [0.25, 0.3) is 11.8 Å². The van der Waals surface area contributed by atoms with Gasteiger partial charge in [0.15, 0.2) is 0 Å². The highest BCUT2D eigenvalue weighted by molar-refractivity contribution is 6.23. The number of nitrogens with zero attached hydrogens (tertiary/aromatic N) is 1. The van der Waals surface area contributed by atoms with Gasteiger partial charge in [0.1, 0.15) is 6.04 Å². The number of fused-ring (bicyclic) bond motifs is 1. The van der Waals surface area contributed by atoms with Crippen LogP contribution in [0.15, 0.2) is 18.2 Å². The van der Waals surface area contributed by atoms with Gasteiger partial charge in [-0.15, -0.1) is 0 Å². The second-order valence-corrected chi connectivity index (χ2v) is 5.85. The van der Waals surface area contributed by atoms with Gasteiger partial charge in [0.2, 0.25) is 5.91 Å². The van der Waals surface area contributed by atoms with Gasteiger partial charge in [-0.2, -0.15) is 0 Å². The Balaban J connectivity index is 2.05. The molecule has 3 amide bonds. The Morgan fingerprint density at radius 3 is 2.62 bits per heavy atom. The van der Waals surface area contributed by atoms with E-state index in [9.17, 15) is 14.4 Å². The summed E-state index contributed by atoms with van der Waals surface area (Å²) in [7, 11) is 0. The number of nitrogens with one attached hydrogen (secondary N) is 1. The van der Waals surface area contributed by atoms with Crippen LogP contribution in [0.3, 0.4) is 0 Å². The minimum absolute atomic E-state index is 0.150. The lowest BCUT2D eigenvalue weighted by Gasteiger charge is -2.28. The molecule has 1 aromatic carbocycles. The lowest BCUT2D eigenvalue weighted by atomic mass is 9.94. The molecule has 0 saturated carbocycles. The first-order valence-electron chi connectivity index (χ1n) is 7.31. The summed E-state index contributed by atoms with van der Waals surface area (Å²) in [6.07, 6.45) is 1.31. The highest BCUT2D eigenvalue weighted by Gasteiger charge is 2.44. The number of benzene rings is 1. The maximum Gasteiger partial charge on any atom is 0.262 e. The molecule has 1 unspecified atom stereocenters. The zero-order valence-corrected chi connectivity index (χ0v) is 12.2. The summed E-state index contributed by atoms with van der Waals surface area (Å²) in [5.74, 6) is -0.764. The van der Waals surface area contributed by atoms with Crippen LogP contribution < -0.4 is 5.32 Å². The fourth-order valence-electron chi connectivity index (χ4n) is 3.10. The lowest BCUT2D eigenvalue weighted by Crippen LogP contribution is -2.52. The molecule has 110 valence electrons. The minimum atomic E-state index is -0.675. The van der Waals surface area contributed by atoms with Crippen molar-refractivity contribution in [2.45, 2.75) is 38.6 Å². The number of hydrogen-bond donors (Lipinski definition) is 1. The summed E-state index contributed by atoms with van der Waals surface area (Å²) in [6, 6.07) is 4.66. The quantitative estimate of drug-likeness (QED) is 0.841. The van der Waals surface area contributed by atoms with E-state index in [2.05, 4.69) is 5.32 Å². The monoisotopic (exact) mass is 286 g/mol. The van der Waals surface area contributed by atoms with Crippen LogP contribution in [0.2, 0.25) is 0 Å². The Hall–Kier alpha value is -2.17. The maximum atomic E-state index is 12.7. The van der Waals surface area contributed by atoms with Crippen LogP contribution in [0.25, 0.3) is 0 Å². The number of piperidine rings is 1. The summed E-state index contributed by atoms with van der Waals surface area (Å²) < 4.78 is 0. The molecule has 1 aromatic rings. The van der Waals surface area contributed by atoms with Gasteiger partial charge < -0.3 is 5.32 Å². The SMILES string of the molecule is CC(C)c1cccc2c1C(=O)N(C1CCCNC1=O)C2=O. The molecule has 21 heavy (non-hydrogen) atoms. The molecule has 1 fully saturated rings. The van der Waals surface area contributed by atoms with Crippen molar-refractivity contribution in [3.05, 3.63) is 34.9 Å². The first kappa shape index (κ1) is 13.8. The Labute approximate surface area is 123 Å². The molecule has 0 radical (unpaired) electrons. The predicted octanol–water partition coefficient (Wildman–Crippen LogP) is 1.68. The summed E-state index contributed by atoms with van der Waals surface area (Å²) in [6.45, 7) is 4.59. The second kappa shape index (κ2) is 4.98. The van der Waals surface area contributed by atoms with Crippen LogP contribution in [0.5, 0.6) is 0 Å². The summed E-state index contributed by atoms with van der Waals surface area (Å²) in [5, 5.41) is 2.73. The molecule has 0 spiro atoms. The highest BCUT2D eigenvalue weighted by Crippen LogP contribution is 2.32. The van der Waals surface area contributed by atoms with Crippen molar-refractivity contribution in [3.63, 3.8) is 0 Å². The fraction of sp³-hybridized carbons (Fsp3) is 0.438. The normalized spacial score (nSPS) is 21.8. The van der Waals surface area contributed by atoms with Crippen LogP contribution in [-0.4, -0.2) is 35.2 Å². The van der Waals surface area contributed by atoms with E-state index in [0.29, 0.717) is 24.1 Å². The van der Waals surface area contributed by atoms with E-state index in [4.69, 9.17) is 0 Å². The third-order valence-electron chi connectivity index (χ3n) is 4.17. The molecule has 2 aliphatic rings. The second-order valence-electron chi connectivity index (χ2n) is 5.85. The molecule has 5 heteroatoms. The van der Waals surface area contributed by atoms with E-state index in [-0.39, 0.29) is 23.6 Å². The minimum Gasteiger partial charge on any atom is -0.354 e. The molecular weight excluding hydrogens is 268 g/mol. The highest BCUT2D eigenvalue weighted by atomic mass is 16.2. The Bertz CT molecular complexity index is 636. The Morgan fingerprint density at radius 1 is 1.19 bits per heavy atom. The van der Waals surface area contributed by atoms with Crippen molar-refractivity contribution < 1.29 is 14.4 Å². The van der Waals surface area contributed by atoms with Crippen molar-refractivity contribution in [2.24, 2.45) is 0 Å². The summed E-state index contributed by atoms with van der Waals surface area (Å²) in [4.78, 5) is 38.4. The van der Waals surface area contributed by atoms with E-state index in [1.165, 1.54) is 0 Å². The van der Waals surface area contributed by atoms with Gasteiger partial charge in [-0.3, -0.25) is 19.3 Å². The molecule has 2 heterocycles. The van der Waals surface area contributed by atoms with Gasteiger partial charge in [0, 0.05) is 6.54 Å². The molecule has 1 saturated heterocycles. The topological polar surface area (TPSA) is 66.5 Å². The average Bonchev–Trinajstić information content (AvgIpc) is 2.72. The van der Waals surface area contributed by atoms with Crippen molar-refractivity contribution >= 4 is 17.7 Å². The molecule has 5 nitrogen and oxygen atoms in total. The summed E-state index contributed by atoms with van der Waals surface area (Å²) >= 11 is 0. The van der Waals surface area contributed by atoms with Crippen molar-refractivity contribution in [1.82, 2.24) is 10.2 Å². The predicted molar refractivity (Wildman–Crippen MR) is 77.1 cm³/mol. The van der Waals surface area contributed by atoms with Crippen LogP contribution >= 0.6 is 0 Å². The molecular formula is C16H18N2O3. The van der Waals surface area contributed by atoms with Gasteiger partial charge in [0.05, 0.1) is 11.1 Å². The van der Waals surface area contributed by atoms with E-state index in [1.807, 2.05) is 19.9 Å². The maximum absolute atomic E-state index is 12.7. The zero-order valence-electron chi connectivity index (χ0n) is 12.2. The number of carbonyl (C=O) groups is 3. The first-order valence-corrected chi connectivity index (χ1v) is 7.31. The van der Waals surface area contributed by atoms with E-state index < -0.39 is 6.04 Å². The smallest absolute Gasteiger partial charge is 0.262 e. The Morgan fingerprint density at radius 2 is 1.95 bits per heavy atom. The number of carbonyl (C=O) groups excluding carboxylic acids is 3. The molecule has 2 aliphatic heterocycles. The standard InChI is InChI=1S/C16H18N2O3/c1-9(2)10-5-3-6-11-13(10)16(21)18(15(11)20)12-7-4-8-17-14(12)19/h3,5-6,9,12H,4,7-8H2,1-2H3,(H,17,19). The first-order chi connectivity index (χ1) is 10.0. The largest absolute Gasteiger partial charge is 0.354 e. The van der Waals surface area contributed by atoms with Crippen LogP contribution in [-0.2, 0) is 4.79 Å². The Kier molecular flexibility index (Phi) is 3.27. The zero-order chi connectivity index (χ0) is 15.1. The molecule has 0 aromatic heterocycles. The van der Waals surface area contributed by atoms with Gasteiger partial charge in [-0.25, -0.2) is 0 Å². The van der Waals surface area contributed by atoms with Crippen LogP contribution in [0.4, 0.5) is 0 Å². The van der Waals surface area contributed by atoms with Crippen molar-refractivity contribution in [1.29, 1.82) is 0 Å². The third kappa shape index (κ3) is 2.04. The van der Waals surface area contributed by atoms with Crippen molar-refractivity contribution in [3.8, 4) is 0 Å². The van der Waals surface area contributed by atoms with Gasteiger partial charge in [-0.1, -0.05) is 26.0 Å². The van der Waals surface area contributed by atoms with E-state index >= 15 is 0 Å². The third-order valence-corrected chi connectivity index (χ3v) is 4.17. The molecule has 0 aliphatic carbocycles. The fourth-order valence-corrected chi connectivity index (χ4v) is 3.10. The number of hydrogen-bond acceptors (Lipinski definition) is 3. The number of amides is 3. The van der Waals surface area contributed by atoms with Gasteiger partial charge >= 0.3 is 0 Å². The van der Waals surface area contributed by atoms with E-state index in [0.717, 1.165) is 16.9 Å². The van der Waals surface area contributed by atoms with Crippen LogP contribution in [0.1, 0.15) is 58.9 Å². The summed E-state index contributed by atoms with van der Waals surface area (Å²) in [5.41, 5.74) is 1.75. The molecule has 1 atom stereocenters. The molecule has 3 rings (SSSR count). The van der Waals surface area contributed by atoms with Crippen molar-refractivity contribution in [2.75, 3.05) is 6.54 Å². The average molecular weight is 286 g/mol. The lowest BCUT2D eigenvalue weighted by molar-refractivity contribution is -0.126. The van der Waals surface area contributed by atoms with E-state index in [1.54, 1.807) is 12.1 Å². The van der Waals surface area contributed by atoms with Gasteiger partial charge in [-0.05, 0) is 30.4 Å². The number of imide groups is 1. The van der Waals surface area contributed by atoms with Crippen LogP contribution in [0, 0.1) is 0 Å².